The molecule has 0 saturated carbocycles. The molecule has 0 radical (unpaired) electrons. The van der Waals surface area contributed by atoms with E-state index in [2.05, 4.69) is 32.7 Å². The van der Waals surface area contributed by atoms with Gasteiger partial charge in [-0.3, -0.25) is 4.90 Å². The van der Waals surface area contributed by atoms with Gasteiger partial charge in [0.15, 0.2) is 0 Å². The lowest BCUT2D eigenvalue weighted by Crippen LogP contribution is -2.43. The summed E-state index contributed by atoms with van der Waals surface area (Å²) in [7, 11) is 2.08. The van der Waals surface area contributed by atoms with Crippen LogP contribution in [0, 0.1) is 0 Å². The number of nitrogens with two attached hydrogens (primary N) is 1. The smallest absolute Gasteiger partial charge is 0.0596 e. The van der Waals surface area contributed by atoms with Gasteiger partial charge in [-0.2, -0.15) is 0 Å². The van der Waals surface area contributed by atoms with Crippen molar-refractivity contribution in [1.29, 1.82) is 0 Å². The molecule has 0 aliphatic carbocycles. The zero-order chi connectivity index (χ0) is 10.4. The van der Waals surface area contributed by atoms with Crippen LogP contribution in [0.3, 0.4) is 0 Å². The first-order chi connectivity index (χ1) is 5.95. The zero-order valence-electron chi connectivity index (χ0n) is 9.58. The highest BCUT2D eigenvalue weighted by Crippen LogP contribution is 1.99. The van der Waals surface area contributed by atoms with Crippen LogP contribution >= 0.6 is 0 Å². The topological polar surface area (TPSA) is 38.5 Å². The van der Waals surface area contributed by atoms with Gasteiger partial charge in [0.2, 0.25) is 0 Å². The molecule has 0 bridgehead atoms. The number of hydrogen-bond acceptors (Lipinski definition) is 3. The van der Waals surface area contributed by atoms with E-state index in [0.29, 0.717) is 12.1 Å². The number of likely N-dealkylation sites (N-methyl/N-ethyl adjacent to an activating group) is 1. The number of ether oxygens (including phenoxy) is 1. The summed E-state index contributed by atoms with van der Waals surface area (Å²) in [5.74, 6) is 0. The van der Waals surface area contributed by atoms with Crippen LogP contribution in [-0.2, 0) is 4.74 Å². The summed E-state index contributed by atoms with van der Waals surface area (Å²) in [6, 6.07) is 0.625. The molecule has 0 saturated heterocycles. The highest BCUT2D eigenvalue weighted by molar-refractivity contribution is 4.71. The molecule has 80 valence electrons. The van der Waals surface area contributed by atoms with Gasteiger partial charge in [0, 0.05) is 18.6 Å². The molecule has 0 aromatic heterocycles. The van der Waals surface area contributed by atoms with E-state index in [0.717, 1.165) is 13.2 Å². The van der Waals surface area contributed by atoms with E-state index in [9.17, 15) is 0 Å². The Labute approximate surface area is 82.2 Å². The average Bonchev–Trinajstić information content (AvgIpc) is 2.02. The largest absolute Gasteiger partial charge is 0.377 e. The minimum absolute atomic E-state index is 0.212. The van der Waals surface area contributed by atoms with Gasteiger partial charge in [0.05, 0.1) is 12.7 Å². The normalized spacial score (nSPS) is 16.6. The summed E-state index contributed by atoms with van der Waals surface area (Å²) < 4.78 is 5.46. The SMILES string of the molecule is CC(C)OCCN(C)C(C)C(C)N. The Balaban J connectivity index is 3.55. The number of nitrogens with zero attached hydrogens (tertiary/aromatic N) is 1. The fraction of sp³-hybridized carbons (Fsp3) is 1.00. The van der Waals surface area contributed by atoms with Gasteiger partial charge in [-0.25, -0.2) is 0 Å². The Morgan fingerprint density at radius 1 is 1.23 bits per heavy atom. The minimum Gasteiger partial charge on any atom is -0.377 e. The Morgan fingerprint density at radius 2 is 1.77 bits per heavy atom. The van der Waals surface area contributed by atoms with E-state index in [1.54, 1.807) is 0 Å². The predicted molar refractivity (Wildman–Crippen MR) is 56.8 cm³/mol. The molecular formula is C10H24N2O. The molecule has 0 aromatic carbocycles. The van der Waals surface area contributed by atoms with E-state index in [1.165, 1.54) is 0 Å². The minimum atomic E-state index is 0.212. The maximum absolute atomic E-state index is 5.79. The summed E-state index contributed by atoms with van der Waals surface area (Å²) in [6.07, 6.45) is 0.319. The Morgan fingerprint density at radius 3 is 2.15 bits per heavy atom. The second-order valence-corrected chi connectivity index (χ2v) is 4.00. The lowest BCUT2D eigenvalue weighted by molar-refractivity contribution is 0.0555. The first kappa shape index (κ1) is 12.9. The van der Waals surface area contributed by atoms with Crippen LogP contribution < -0.4 is 5.73 Å². The molecule has 3 nitrogen and oxygen atoms in total. The second kappa shape index (κ2) is 6.35. The molecule has 0 aliphatic heterocycles. The first-order valence-corrected chi connectivity index (χ1v) is 5.02. The van der Waals surface area contributed by atoms with Crippen molar-refractivity contribution in [2.24, 2.45) is 5.73 Å². The molecule has 0 aromatic rings. The first-order valence-electron chi connectivity index (χ1n) is 5.02. The molecular weight excluding hydrogens is 164 g/mol. The lowest BCUT2D eigenvalue weighted by atomic mass is 10.1. The standard InChI is InChI=1S/C10H24N2O/c1-8(2)13-7-6-12(5)10(4)9(3)11/h8-10H,6-7,11H2,1-5H3. The molecule has 2 unspecified atom stereocenters. The zero-order valence-corrected chi connectivity index (χ0v) is 9.58. The van der Waals surface area contributed by atoms with Gasteiger partial charge < -0.3 is 10.5 Å². The molecule has 0 amide bonds. The molecule has 0 aliphatic rings. The van der Waals surface area contributed by atoms with Gasteiger partial charge in [0.25, 0.3) is 0 Å². The summed E-state index contributed by atoms with van der Waals surface area (Å²) in [4.78, 5) is 2.23. The predicted octanol–water partition coefficient (Wildman–Crippen LogP) is 1.08. The van der Waals surface area contributed by atoms with E-state index >= 15 is 0 Å². The van der Waals surface area contributed by atoms with Crippen molar-refractivity contribution in [2.45, 2.75) is 45.9 Å². The quantitative estimate of drug-likeness (QED) is 0.678. The molecule has 2 N–H and O–H groups in total. The molecule has 2 atom stereocenters. The van der Waals surface area contributed by atoms with Crippen LogP contribution in [-0.4, -0.2) is 43.3 Å². The van der Waals surface area contributed by atoms with Gasteiger partial charge >= 0.3 is 0 Å². The molecule has 3 heteroatoms. The highest BCUT2D eigenvalue weighted by Gasteiger charge is 2.12. The maximum atomic E-state index is 5.79. The van der Waals surface area contributed by atoms with Crippen molar-refractivity contribution >= 4 is 0 Å². The number of hydrogen-bond donors (Lipinski definition) is 1. The summed E-state index contributed by atoms with van der Waals surface area (Å²) in [5.41, 5.74) is 5.79. The summed E-state index contributed by atoms with van der Waals surface area (Å²) >= 11 is 0. The Bertz CT molecular complexity index is 126. The summed E-state index contributed by atoms with van der Waals surface area (Å²) in [6.45, 7) is 10.0. The van der Waals surface area contributed by atoms with Gasteiger partial charge in [-0.05, 0) is 34.7 Å². The maximum Gasteiger partial charge on any atom is 0.0596 e. The van der Waals surface area contributed by atoms with Gasteiger partial charge in [0.1, 0.15) is 0 Å². The van der Waals surface area contributed by atoms with Crippen molar-refractivity contribution in [3.05, 3.63) is 0 Å². The van der Waals surface area contributed by atoms with E-state index in [1.807, 2.05) is 6.92 Å². The third kappa shape index (κ3) is 6.02. The Kier molecular flexibility index (Phi) is 6.29. The lowest BCUT2D eigenvalue weighted by Gasteiger charge is -2.27. The van der Waals surface area contributed by atoms with Crippen LogP contribution in [0.15, 0.2) is 0 Å². The average molecular weight is 188 g/mol. The van der Waals surface area contributed by atoms with Gasteiger partial charge in [-0.1, -0.05) is 0 Å². The molecule has 0 spiro atoms. The van der Waals surface area contributed by atoms with Crippen LogP contribution in [0.4, 0.5) is 0 Å². The van der Waals surface area contributed by atoms with Crippen molar-refractivity contribution in [3.63, 3.8) is 0 Å². The van der Waals surface area contributed by atoms with Gasteiger partial charge in [-0.15, -0.1) is 0 Å². The van der Waals surface area contributed by atoms with Crippen molar-refractivity contribution in [2.75, 3.05) is 20.2 Å². The van der Waals surface area contributed by atoms with Crippen LogP contribution in [0.5, 0.6) is 0 Å². The third-order valence-corrected chi connectivity index (χ3v) is 2.35. The monoisotopic (exact) mass is 188 g/mol. The molecule has 0 rings (SSSR count). The molecule has 0 fully saturated rings. The Hall–Kier alpha value is -0.120. The highest BCUT2D eigenvalue weighted by atomic mass is 16.5. The van der Waals surface area contributed by atoms with Crippen LogP contribution in [0.25, 0.3) is 0 Å². The van der Waals surface area contributed by atoms with E-state index in [-0.39, 0.29) is 6.04 Å². The third-order valence-electron chi connectivity index (χ3n) is 2.35. The molecule has 13 heavy (non-hydrogen) atoms. The van der Waals surface area contributed by atoms with Crippen molar-refractivity contribution < 1.29 is 4.74 Å². The van der Waals surface area contributed by atoms with E-state index in [4.69, 9.17) is 10.5 Å². The van der Waals surface area contributed by atoms with Crippen molar-refractivity contribution in [1.82, 2.24) is 4.90 Å². The fourth-order valence-corrected chi connectivity index (χ4v) is 1.04. The molecule has 0 heterocycles. The van der Waals surface area contributed by atoms with Crippen LogP contribution in [0.1, 0.15) is 27.7 Å². The van der Waals surface area contributed by atoms with E-state index < -0.39 is 0 Å². The summed E-state index contributed by atoms with van der Waals surface area (Å²) in [5, 5.41) is 0. The number of rotatable bonds is 6. The van der Waals surface area contributed by atoms with Crippen molar-refractivity contribution in [3.8, 4) is 0 Å². The fourth-order valence-electron chi connectivity index (χ4n) is 1.04. The van der Waals surface area contributed by atoms with Crippen LogP contribution in [0.2, 0.25) is 0 Å². The second-order valence-electron chi connectivity index (χ2n) is 4.00.